The molecule has 2 aromatic carbocycles. The highest BCUT2D eigenvalue weighted by atomic mass is 35.5. The molecule has 0 radical (unpaired) electrons. The maximum absolute atomic E-state index is 14.1. The number of carbonyl (C=O) groups is 1. The molecule has 0 saturated carbocycles. The number of halogens is 3. The van der Waals surface area contributed by atoms with Gasteiger partial charge in [-0.3, -0.25) is 14.5 Å². The van der Waals surface area contributed by atoms with Crippen molar-refractivity contribution in [2.45, 2.75) is 4.90 Å². The first-order chi connectivity index (χ1) is 11.3. The highest BCUT2D eigenvalue weighted by Gasteiger charge is 2.29. The summed E-state index contributed by atoms with van der Waals surface area (Å²) in [5.41, 5.74) is 1.52. The van der Waals surface area contributed by atoms with Crippen LogP contribution in [0.3, 0.4) is 0 Å². The zero-order chi connectivity index (χ0) is 17.9. The quantitative estimate of drug-likeness (QED) is 0.464. The molecule has 1 amide bonds. The molecular weight excluding hydrogens is 380 g/mol. The van der Waals surface area contributed by atoms with Crippen molar-refractivity contribution >= 4 is 44.8 Å². The number of rotatable bonds is 5. The smallest absolute Gasteiger partial charge is 0.264 e. The summed E-state index contributed by atoms with van der Waals surface area (Å²) in [5, 5.41) is 0.169. The van der Waals surface area contributed by atoms with E-state index in [-0.39, 0.29) is 20.6 Å². The highest BCUT2D eigenvalue weighted by molar-refractivity contribution is 7.92. The Hall–Kier alpha value is -1.87. The molecule has 0 spiro atoms. The predicted molar refractivity (Wildman–Crippen MR) is 89.7 cm³/mol. The van der Waals surface area contributed by atoms with E-state index in [9.17, 15) is 17.6 Å². The number of anilines is 1. The highest BCUT2D eigenvalue weighted by Crippen LogP contribution is 2.30. The van der Waals surface area contributed by atoms with Crippen LogP contribution in [0.1, 0.15) is 0 Å². The van der Waals surface area contributed by atoms with Crippen LogP contribution in [0.2, 0.25) is 10.0 Å². The summed E-state index contributed by atoms with van der Waals surface area (Å²) in [6, 6.07) is 8.76. The Labute approximate surface area is 148 Å². The fourth-order valence-corrected chi connectivity index (χ4v) is 3.71. The number of benzene rings is 2. The Morgan fingerprint density at radius 2 is 1.83 bits per heavy atom. The van der Waals surface area contributed by atoms with E-state index in [1.807, 2.05) is 5.43 Å². The molecule has 0 aliphatic rings. The van der Waals surface area contributed by atoms with Crippen LogP contribution in [-0.2, 0) is 14.8 Å². The van der Waals surface area contributed by atoms with Gasteiger partial charge in [-0.05, 0) is 30.3 Å². The third-order valence-electron chi connectivity index (χ3n) is 3.05. The van der Waals surface area contributed by atoms with E-state index in [1.54, 1.807) is 0 Å². The van der Waals surface area contributed by atoms with Gasteiger partial charge < -0.3 is 0 Å². The van der Waals surface area contributed by atoms with Crippen molar-refractivity contribution in [2.75, 3.05) is 10.8 Å². The molecule has 10 heteroatoms. The van der Waals surface area contributed by atoms with Gasteiger partial charge in [0.1, 0.15) is 12.4 Å². The average molecular weight is 392 g/mol. The van der Waals surface area contributed by atoms with Crippen LogP contribution in [-0.4, -0.2) is 20.9 Å². The Morgan fingerprint density at radius 3 is 2.42 bits per heavy atom. The van der Waals surface area contributed by atoms with Gasteiger partial charge in [0.15, 0.2) is 0 Å². The standard InChI is InChI=1S/C14H12Cl2FN3O3S/c15-10-6-5-9(7-11(10)16)24(22,23)20(8-14(21)19-18)13-4-2-1-3-12(13)17/h1-7H,8,18H2,(H,19,21). The Balaban J connectivity index is 2.59. The molecular formula is C14H12Cl2FN3O3S. The molecule has 0 saturated heterocycles. The van der Waals surface area contributed by atoms with Crippen LogP contribution in [0.5, 0.6) is 0 Å². The van der Waals surface area contributed by atoms with Crippen LogP contribution in [0.4, 0.5) is 10.1 Å². The van der Waals surface area contributed by atoms with E-state index < -0.39 is 28.3 Å². The summed E-state index contributed by atoms with van der Waals surface area (Å²) < 4.78 is 40.3. The predicted octanol–water partition coefficient (Wildman–Crippen LogP) is 2.32. The molecule has 2 aromatic rings. The molecule has 0 atom stereocenters. The second-order valence-electron chi connectivity index (χ2n) is 4.61. The van der Waals surface area contributed by atoms with Crippen LogP contribution >= 0.6 is 23.2 Å². The number of nitrogens with two attached hydrogens (primary N) is 1. The van der Waals surface area contributed by atoms with Crippen molar-refractivity contribution in [2.24, 2.45) is 5.84 Å². The first-order valence-electron chi connectivity index (χ1n) is 6.49. The average Bonchev–Trinajstić information content (AvgIpc) is 2.55. The number of sulfonamides is 1. The molecule has 0 aromatic heterocycles. The molecule has 0 heterocycles. The Bertz CT molecular complexity index is 877. The zero-order valence-electron chi connectivity index (χ0n) is 12.0. The third-order valence-corrected chi connectivity index (χ3v) is 5.54. The normalized spacial score (nSPS) is 11.2. The molecule has 24 heavy (non-hydrogen) atoms. The van der Waals surface area contributed by atoms with E-state index in [0.29, 0.717) is 4.31 Å². The van der Waals surface area contributed by atoms with Crippen molar-refractivity contribution in [1.82, 2.24) is 5.43 Å². The number of hydrogen-bond acceptors (Lipinski definition) is 4. The number of hydrazine groups is 1. The summed E-state index contributed by atoms with van der Waals surface area (Å²) in [5.74, 6) is 3.38. The second kappa shape index (κ2) is 7.35. The van der Waals surface area contributed by atoms with E-state index in [4.69, 9.17) is 29.0 Å². The maximum Gasteiger partial charge on any atom is 0.264 e. The number of nitrogens with zero attached hydrogens (tertiary/aromatic N) is 1. The summed E-state index contributed by atoms with van der Waals surface area (Å²) in [4.78, 5) is 11.3. The van der Waals surface area contributed by atoms with E-state index >= 15 is 0 Å². The van der Waals surface area contributed by atoms with Gasteiger partial charge >= 0.3 is 0 Å². The molecule has 6 nitrogen and oxygen atoms in total. The Kier molecular flexibility index (Phi) is 5.66. The van der Waals surface area contributed by atoms with E-state index in [1.165, 1.54) is 30.3 Å². The number of amides is 1. The van der Waals surface area contributed by atoms with Gasteiger partial charge in [0.25, 0.3) is 15.9 Å². The van der Waals surface area contributed by atoms with Gasteiger partial charge in [-0.15, -0.1) is 0 Å². The van der Waals surface area contributed by atoms with Crippen molar-refractivity contribution in [3.05, 3.63) is 58.3 Å². The lowest BCUT2D eigenvalue weighted by atomic mass is 10.3. The molecule has 0 aliphatic carbocycles. The summed E-state index contributed by atoms with van der Waals surface area (Å²) >= 11 is 11.6. The fourth-order valence-electron chi connectivity index (χ4n) is 1.89. The topological polar surface area (TPSA) is 92.5 Å². The van der Waals surface area contributed by atoms with E-state index in [0.717, 1.165) is 12.1 Å². The van der Waals surface area contributed by atoms with Crippen molar-refractivity contribution in [1.29, 1.82) is 0 Å². The monoisotopic (exact) mass is 391 g/mol. The first-order valence-corrected chi connectivity index (χ1v) is 8.68. The second-order valence-corrected chi connectivity index (χ2v) is 7.28. The minimum absolute atomic E-state index is 0.00880. The summed E-state index contributed by atoms with van der Waals surface area (Å²) in [6.07, 6.45) is 0. The molecule has 0 bridgehead atoms. The van der Waals surface area contributed by atoms with Gasteiger partial charge in [-0.25, -0.2) is 18.7 Å². The fraction of sp³-hybridized carbons (Fsp3) is 0.0714. The van der Waals surface area contributed by atoms with E-state index in [2.05, 4.69) is 0 Å². The number of para-hydroxylation sites is 1. The first kappa shape index (κ1) is 18.5. The summed E-state index contributed by atoms with van der Waals surface area (Å²) in [7, 11) is -4.29. The minimum Gasteiger partial charge on any atom is -0.293 e. The number of carbonyl (C=O) groups excluding carboxylic acids is 1. The molecule has 2 rings (SSSR count). The van der Waals surface area contributed by atoms with Crippen molar-refractivity contribution in [3.8, 4) is 0 Å². The van der Waals surface area contributed by atoms with Crippen LogP contribution in [0.25, 0.3) is 0 Å². The van der Waals surface area contributed by atoms with Gasteiger partial charge in [0, 0.05) is 0 Å². The summed E-state index contributed by atoms with van der Waals surface area (Å²) in [6.45, 7) is -0.708. The van der Waals surface area contributed by atoms with Gasteiger partial charge in [0.05, 0.1) is 20.6 Å². The van der Waals surface area contributed by atoms with Crippen molar-refractivity contribution < 1.29 is 17.6 Å². The van der Waals surface area contributed by atoms with Gasteiger partial charge in [0.2, 0.25) is 0 Å². The minimum atomic E-state index is -4.29. The number of hydrogen-bond donors (Lipinski definition) is 2. The van der Waals surface area contributed by atoms with Gasteiger partial charge in [-0.1, -0.05) is 35.3 Å². The molecule has 0 unspecified atom stereocenters. The molecule has 0 aliphatic heterocycles. The molecule has 3 N–H and O–H groups in total. The lowest BCUT2D eigenvalue weighted by Crippen LogP contribution is -2.43. The van der Waals surface area contributed by atoms with Crippen LogP contribution in [0, 0.1) is 5.82 Å². The van der Waals surface area contributed by atoms with Gasteiger partial charge in [-0.2, -0.15) is 0 Å². The van der Waals surface area contributed by atoms with Crippen LogP contribution in [0.15, 0.2) is 47.4 Å². The largest absolute Gasteiger partial charge is 0.293 e. The van der Waals surface area contributed by atoms with Crippen molar-refractivity contribution in [3.63, 3.8) is 0 Å². The maximum atomic E-state index is 14.1. The SMILES string of the molecule is NNC(=O)CN(c1ccccc1F)S(=O)(=O)c1ccc(Cl)c(Cl)c1. The third kappa shape index (κ3) is 3.78. The lowest BCUT2D eigenvalue weighted by Gasteiger charge is -2.24. The number of nitrogens with one attached hydrogen (secondary N) is 1. The molecule has 128 valence electrons. The molecule has 0 fully saturated rings. The zero-order valence-corrected chi connectivity index (χ0v) is 14.4. The Morgan fingerprint density at radius 1 is 1.17 bits per heavy atom. The van der Waals surface area contributed by atoms with Crippen LogP contribution < -0.4 is 15.6 Å². The lowest BCUT2D eigenvalue weighted by molar-refractivity contribution is -0.119.